The van der Waals surface area contributed by atoms with Gasteiger partial charge in [0.05, 0.1) is 13.2 Å². The number of fused-ring (bicyclic) bond motifs is 1. The van der Waals surface area contributed by atoms with E-state index < -0.39 is 0 Å². The Kier molecular flexibility index (Phi) is 7.05. The first-order chi connectivity index (χ1) is 9.90. The van der Waals surface area contributed by atoms with Gasteiger partial charge >= 0.3 is 0 Å². The van der Waals surface area contributed by atoms with Crippen LogP contribution >= 0.6 is 11.8 Å². The number of nitrogens with one attached hydrogen (secondary N) is 1. The predicted molar refractivity (Wildman–Crippen MR) is 82.8 cm³/mol. The molecule has 1 heterocycles. The molecule has 0 spiro atoms. The molecular formula is C15H23NO3S. The fraction of sp³-hybridized carbons (Fsp3) is 0.600. The number of ether oxygens (including phenoxy) is 2. The molecule has 5 heteroatoms. The minimum Gasteiger partial charge on any atom is -0.490 e. The van der Waals surface area contributed by atoms with Crippen molar-refractivity contribution in [2.24, 2.45) is 0 Å². The summed E-state index contributed by atoms with van der Waals surface area (Å²) in [5.41, 5.74) is 1.22. The first-order valence-corrected chi connectivity index (χ1v) is 8.33. The molecule has 4 nitrogen and oxygen atoms in total. The fourth-order valence-electron chi connectivity index (χ4n) is 1.96. The molecule has 0 saturated carbocycles. The van der Waals surface area contributed by atoms with Crippen LogP contribution in [0.3, 0.4) is 0 Å². The molecule has 1 aliphatic heterocycles. The molecular weight excluding hydrogens is 274 g/mol. The summed E-state index contributed by atoms with van der Waals surface area (Å²) in [7, 11) is 0. The van der Waals surface area contributed by atoms with E-state index in [1.807, 2.05) is 17.8 Å². The molecule has 0 radical (unpaired) electrons. The van der Waals surface area contributed by atoms with Crippen LogP contribution in [0.5, 0.6) is 11.5 Å². The lowest BCUT2D eigenvalue weighted by Gasteiger charge is -2.10. The van der Waals surface area contributed by atoms with Crippen LogP contribution in [0.25, 0.3) is 0 Å². The number of aliphatic hydroxyl groups excluding tert-OH is 1. The Balaban J connectivity index is 1.69. The van der Waals surface area contributed by atoms with Gasteiger partial charge in [-0.2, -0.15) is 11.8 Å². The van der Waals surface area contributed by atoms with Gasteiger partial charge in [-0.25, -0.2) is 0 Å². The van der Waals surface area contributed by atoms with Gasteiger partial charge in [0.15, 0.2) is 11.5 Å². The maximum absolute atomic E-state index is 8.68. The standard InChI is InChI=1S/C15H23NO3S/c17-6-1-9-20-10-5-16-12-13-3-4-14-15(11-13)19-8-2-7-18-14/h3-4,11,16-17H,1-2,5-10,12H2. The summed E-state index contributed by atoms with van der Waals surface area (Å²) in [6, 6.07) is 6.14. The van der Waals surface area contributed by atoms with E-state index in [4.69, 9.17) is 14.6 Å². The second kappa shape index (κ2) is 9.10. The summed E-state index contributed by atoms with van der Waals surface area (Å²) < 4.78 is 11.3. The molecule has 0 aromatic heterocycles. The van der Waals surface area contributed by atoms with Crippen molar-refractivity contribution in [2.45, 2.75) is 19.4 Å². The third-order valence-electron chi connectivity index (χ3n) is 3.01. The predicted octanol–water partition coefficient (Wildman–Crippen LogP) is 2.05. The van der Waals surface area contributed by atoms with Crippen molar-refractivity contribution in [1.82, 2.24) is 5.32 Å². The Morgan fingerprint density at radius 3 is 2.85 bits per heavy atom. The van der Waals surface area contributed by atoms with Gasteiger partial charge in [0, 0.05) is 31.9 Å². The minimum atomic E-state index is 0.289. The smallest absolute Gasteiger partial charge is 0.161 e. The summed E-state index contributed by atoms with van der Waals surface area (Å²) in [5, 5.41) is 12.1. The highest BCUT2D eigenvalue weighted by Crippen LogP contribution is 2.30. The topological polar surface area (TPSA) is 50.7 Å². The van der Waals surface area contributed by atoms with Crippen LogP contribution in [0, 0.1) is 0 Å². The first-order valence-electron chi connectivity index (χ1n) is 7.18. The Labute approximate surface area is 124 Å². The van der Waals surface area contributed by atoms with E-state index in [1.54, 1.807) is 0 Å². The second-order valence-corrected chi connectivity index (χ2v) is 5.92. The van der Waals surface area contributed by atoms with Gasteiger partial charge in [0.2, 0.25) is 0 Å². The number of aliphatic hydroxyl groups is 1. The van der Waals surface area contributed by atoms with E-state index in [0.29, 0.717) is 0 Å². The molecule has 20 heavy (non-hydrogen) atoms. The zero-order valence-corrected chi connectivity index (χ0v) is 12.6. The number of thioether (sulfide) groups is 1. The SMILES string of the molecule is OCCCSCCNCc1ccc2c(c1)OCCCO2. The van der Waals surface area contributed by atoms with Crippen LogP contribution in [-0.2, 0) is 6.54 Å². The molecule has 2 rings (SSSR count). The van der Waals surface area contributed by atoms with Gasteiger partial charge in [0.1, 0.15) is 0 Å². The quantitative estimate of drug-likeness (QED) is 0.719. The Morgan fingerprint density at radius 1 is 1.15 bits per heavy atom. The van der Waals surface area contributed by atoms with Crippen LogP contribution in [-0.4, -0.2) is 43.0 Å². The molecule has 1 aromatic rings. The van der Waals surface area contributed by atoms with E-state index in [0.717, 1.165) is 62.1 Å². The van der Waals surface area contributed by atoms with E-state index in [1.165, 1.54) is 5.56 Å². The second-order valence-electron chi connectivity index (χ2n) is 4.70. The lowest BCUT2D eigenvalue weighted by atomic mass is 10.2. The van der Waals surface area contributed by atoms with Crippen LogP contribution in [0.2, 0.25) is 0 Å². The van der Waals surface area contributed by atoms with Gasteiger partial charge in [0.25, 0.3) is 0 Å². The Bertz CT molecular complexity index is 401. The average Bonchev–Trinajstić information content (AvgIpc) is 2.71. The zero-order valence-electron chi connectivity index (χ0n) is 11.8. The van der Waals surface area contributed by atoms with Gasteiger partial charge in [-0.1, -0.05) is 6.07 Å². The Hall–Kier alpha value is -0.910. The summed E-state index contributed by atoms with van der Waals surface area (Å²) in [6.07, 6.45) is 1.82. The Morgan fingerprint density at radius 2 is 2.00 bits per heavy atom. The molecule has 1 aromatic carbocycles. The maximum atomic E-state index is 8.68. The molecule has 0 aliphatic carbocycles. The van der Waals surface area contributed by atoms with Crippen molar-refractivity contribution >= 4 is 11.8 Å². The monoisotopic (exact) mass is 297 g/mol. The molecule has 0 bridgehead atoms. The lowest BCUT2D eigenvalue weighted by molar-refractivity contribution is 0.296. The van der Waals surface area contributed by atoms with Crippen LogP contribution < -0.4 is 14.8 Å². The summed E-state index contributed by atoms with van der Waals surface area (Å²) in [4.78, 5) is 0. The fourth-order valence-corrected chi connectivity index (χ4v) is 2.79. The molecule has 0 atom stereocenters. The maximum Gasteiger partial charge on any atom is 0.161 e. The summed E-state index contributed by atoms with van der Waals surface area (Å²) >= 11 is 1.87. The normalized spacial score (nSPS) is 14.1. The van der Waals surface area contributed by atoms with Crippen molar-refractivity contribution in [1.29, 1.82) is 0 Å². The highest BCUT2D eigenvalue weighted by Gasteiger charge is 2.10. The highest BCUT2D eigenvalue weighted by molar-refractivity contribution is 7.99. The van der Waals surface area contributed by atoms with Crippen molar-refractivity contribution in [3.63, 3.8) is 0 Å². The average molecular weight is 297 g/mol. The highest BCUT2D eigenvalue weighted by atomic mass is 32.2. The van der Waals surface area contributed by atoms with Crippen LogP contribution in [0.4, 0.5) is 0 Å². The third kappa shape index (κ3) is 5.23. The van der Waals surface area contributed by atoms with E-state index in [9.17, 15) is 0 Å². The van der Waals surface area contributed by atoms with Crippen molar-refractivity contribution in [3.8, 4) is 11.5 Å². The van der Waals surface area contributed by atoms with Crippen molar-refractivity contribution in [3.05, 3.63) is 23.8 Å². The van der Waals surface area contributed by atoms with E-state index in [-0.39, 0.29) is 6.61 Å². The molecule has 2 N–H and O–H groups in total. The summed E-state index contributed by atoms with van der Waals surface area (Å²) in [5.74, 6) is 3.82. The van der Waals surface area contributed by atoms with Gasteiger partial charge < -0.3 is 19.9 Å². The number of hydrogen-bond donors (Lipinski definition) is 2. The van der Waals surface area contributed by atoms with Gasteiger partial charge in [-0.3, -0.25) is 0 Å². The molecule has 1 aliphatic rings. The molecule has 0 saturated heterocycles. The minimum absolute atomic E-state index is 0.289. The molecule has 112 valence electrons. The molecule has 0 fully saturated rings. The third-order valence-corrected chi connectivity index (χ3v) is 4.08. The lowest BCUT2D eigenvalue weighted by Crippen LogP contribution is -2.16. The first kappa shape index (κ1) is 15.5. The zero-order chi connectivity index (χ0) is 14.0. The number of benzene rings is 1. The van der Waals surface area contributed by atoms with Crippen LogP contribution in [0.1, 0.15) is 18.4 Å². The number of rotatable bonds is 8. The molecule has 0 unspecified atom stereocenters. The van der Waals surface area contributed by atoms with Gasteiger partial charge in [-0.15, -0.1) is 0 Å². The van der Waals surface area contributed by atoms with E-state index >= 15 is 0 Å². The number of hydrogen-bond acceptors (Lipinski definition) is 5. The molecule has 0 amide bonds. The largest absolute Gasteiger partial charge is 0.490 e. The van der Waals surface area contributed by atoms with Crippen molar-refractivity contribution in [2.75, 3.05) is 37.9 Å². The van der Waals surface area contributed by atoms with Gasteiger partial charge in [-0.05, 0) is 29.9 Å². The summed E-state index contributed by atoms with van der Waals surface area (Å²) in [6.45, 7) is 3.57. The van der Waals surface area contributed by atoms with Crippen molar-refractivity contribution < 1.29 is 14.6 Å². The van der Waals surface area contributed by atoms with Crippen LogP contribution in [0.15, 0.2) is 18.2 Å². The van der Waals surface area contributed by atoms with E-state index in [2.05, 4.69) is 17.4 Å².